The summed E-state index contributed by atoms with van der Waals surface area (Å²) in [4.78, 5) is 32.0. The SMILES string of the molecule is Cc1ncsc1Cn1c(C)c(CC(=O)O)c(C)nc1=O. The highest BCUT2D eigenvalue weighted by Crippen LogP contribution is 2.16. The first-order valence-corrected chi connectivity index (χ1v) is 6.95. The molecular weight excluding hydrogens is 278 g/mol. The Morgan fingerprint density at radius 2 is 2.05 bits per heavy atom. The van der Waals surface area contributed by atoms with Gasteiger partial charge in [0.25, 0.3) is 0 Å². The first-order chi connectivity index (χ1) is 9.40. The maximum Gasteiger partial charge on any atom is 0.348 e. The normalized spacial score (nSPS) is 10.8. The number of carboxylic acids is 1. The topological polar surface area (TPSA) is 85.1 Å². The number of aryl methyl sites for hydroxylation is 2. The van der Waals surface area contributed by atoms with Gasteiger partial charge in [-0.2, -0.15) is 4.98 Å². The molecule has 2 aromatic rings. The molecule has 0 amide bonds. The molecule has 2 aromatic heterocycles. The van der Waals surface area contributed by atoms with Crippen LogP contribution in [0.1, 0.15) is 27.5 Å². The highest BCUT2D eigenvalue weighted by molar-refractivity contribution is 7.09. The Morgan fingerprint density at radius 1 is 1.35 bits per heavy atom. The second-order valence-corrected chi connectivity index (χ2v) is 5.50. The van der Waals surface area contributed by atoms with Crippen LogP contribution >= 0.6 is 11.3 Å². The zero-order valence-corrected chi connectivity index (χ0v) is 12.3. The van der Waals surface area contributed by atoms with Crippen LogP contribution in [0.15, 0.2) is 10.3 Å². The van der Waals surface area contributed by atoms with Crippen molar-refractivity contribution in [3.8, 4) is 0 Å². The predicted molar refractivity (Wildman–Crippen MR) is 75.3 cm³/mol. The van der Waals surface area contributed by atoms with Crippen LogP contribution in [0.5, 0.6) is 0 Å². The maximum atomic E-state index is 12.0. The molecule has 20 heavy (non-hydrogen) atoms. The minimum absolute atomic E-state index is 0.132. The van der Waals surface area contributed by atoms with Crippen LogP contribution in [0.2, 0.25) is 0 Å². The number of aliphatic carboxylic acids is 1. The highest BCUT2D eigenvalue weighted by Gasteiger charge is 2.15. The zero-order chi connectivity index (χ0) is 14.9. The Morgan fingerprint density at radius 3 is 2.60 bits per heavy atom. The van der Waals surface area contributed by atoms with Crippen molar-refractivity contribution >= 4 is 17.3 Å². The van der Waals surface area contributed by atoms with Crippen LogP contribution < -0.4 is 5.69 Å². The summed E-state index contributed by atoms with van der Waals surface area (Å²) in [6.07, 6.45) is -0.132. The van der Waals surface area contributed by atoms with Gasteiger partial charge in [-0.25, -0.2) is 9.78 Å². The quantitative estimate of drug-likeness (QED) is 0.918. The number of nitrogens with zero attached hydrogens (tertiary/aromatic N) is 3. The third-order valence-electron chi connectivity index (χ3n) is 3.25. The Labute approximate surface area is 119 Å². The summed E-state index contributed by atoms with van der Waals surface area (Å²) in [6.45, 7) is 5.67. The third-order valence-corrected chi connectivity index (χ3v) is 4.17. The van der Waals surface area contributed by atoms with Gasteiger partial charge in [0.1, 0.15) is 0 Å². The number of hydrogen-bond donors (Lipinski definition) is 1. The van der Waals surface area contributed by atoms with E-state index in [0.29, 0.717) is 23.5 Å². The lowest BCUT2D eigenvalue weighted by atomic mass is 10.1. The molecule has 0 aliphatic carbocycles. The van der Waals surface area contributed by atoms with E-state index in [-0.39, 0.29) is 12.1 Å². The van der Waals surface area contributed by atoms with Crippen LogP contribution in [0.25, 0.3) is 0 Å². The monoisotopic (exact) mass is 293 g/mol. The molecule has 0 radical (unpaired) electrons. The summed E-state index contributed by atoms with van der Waals surface area (Å²) in [5.74, 6) is -0.933. The minimum atomic E-state index is -0.933. The molecule has 0 saturated carbocycles. The number of carboxylic acid groups (broad SMARTS) is 1. The Hall–Kier alpha value is -2.02. The fourth-order valence-electron chi connectivity index (χ4n) is 2.05. The Bertz CT molecular complexity index is 718. The molecule has 0 unspecified atom stereocenters. The van der Waals surface area contributed by atoms with Crippen molar-refractivity contribution in [1.82, 2.24) is 14.5 Å². The van der Waals surface area contributed by atoms with Gasteiger partial charge in [0, 0.05) is 21.8 Å². The van der Waals surface area contributed by atoms with Crippen molar-refractivity contribution in [3.63, 3.8) is 0 Å². The van der Waals surface area contributed by atoms with Crippen LogP contribution in [0, 0.1) is 20.8 Å². The molecule has 2 rings (SSSR count). The summed E-state index contributed by atoms with van der Waals surface area (Å²) in [5, 5.41) is 8.95. The third kappa shape index (κ3) is 2.77. The van der Waals surface area contributed by atoms with Gasteiger partial charge in [0.2, 0.25) is 0 Å². The molecule has 0 aliphatic rings. The molecule has 0 spiro atoms. The number of aromatic nitrogens is 3. The average molecular weight is 293 g/mol. The molecular formula is C13H15N3O3S. The van der Waals surface area contributed by atoms with Crippen molar-refractivity contribution in [2.45, 2.75) is 33.7 Å². The molecule has 0 atom stereocenters. The van der Waals surface area contributed by atoms with Gasteiger partial charge in [-0.3, -0.25) is 9.36 Å². The average Bonchev–Trinajstić information content (AvgIpc) is 2.75. The van der Waals surface area contributed by atoms with E-state index in [2.05, 4.69) is 9.97 Å². The molecule has 0 fully saturated rings. The van der Waals surface area contributed by atoms with E-state index in [1.165, 1.54) is 15.9 Å². The van der Waals surface area contributed by atoms with Crippen molar-refractivity contribution in [1.29, 1.82) is 0 Å². The van der Waals surface area contributed by atoms with Crippen LogP contribution in [0.3, 0.4) is 0 Å². The van der Waals surface area contributed by atoms with E-state index >= 15 is 0 Å². The number of hydrogen-bond acceptors (Lipinski definition) is 5. The van der Waals surface area contributed by atoms with Gasteiger partial charge in [-0.05, 0) is 20.8 Å². The van der Waals surface area contributed by atoms with Crippen LogP contribution in [-0.2, 0) is 17.8 Å². The van der Waals surface area contributed by atoms with Crippen LogP contribution in [-0.4, -0.2) is 25.6 Å². The van der Waals surface area contributed by atoms with E-state index in [4.69, 9.17) is 5.11 Å². The summed E-state index contributed by atoms with van der Waals surface area (Å²) in [5.41, 5.74) is 3.97. The second-order valence-electron chi connectivity index (χ2n) is 4.56. The predicted octanol–water partition coefficient (Wildman–Crippen LogP) is 1.30. The van der Waals surface area contributed by atoms with E-state index in [1.807, 2.05) is 6.92 Å². The van der Waals surface area contributed by atoms with Gasteiger partial charge in [-0.15, -0.1) is 11.3 Å². The van der Waals surface area contributed by atoms with Crippen molar-refractivity contribution in [2.75, 3.05) is 0 Å². The molecule has 7 heteroatoms. The van der Waals surface area contributed by atoms with Crippen LogP contribution in [0.4, 0.5) is 0 Å². The summed E-state index contributed by atoms with van der Waals surface area (Å²) < 4.78 is 1.51. The second kappa shape index (κ2) is 5.54. The molecule has 2 heterocycles. The maximum absolute atomic E-state index is 12.0. The highest BCUT2D eigenvalue weighted by atomic mass is 32.1. The molecule has 0 aromatic carbocycles. The largest absolute Gasteiger partial charge is 0.481 e. The summed E-state index contributed by atoms with van der Waals surface area (Å²) in [7, 11) is 0. The molecule has 0 aliphatic heterocycles. The number of rotatable bonds is 4. The first-order valence-electron chi connectivity index (χ1n) is 6.07. The molecule has 106 valence electrons. The standard InChI is InChI=1S/C13H15N3O3S/c1-7-10(4-12(17)18)9(3)16(13(19)15-7)5-11-8(2)14-6-20-11/h6H,4-5H2,1-3H3,(H,17,18). The lowest BCUT2D eigenvalue weighted by Crippen LogP contribution is -2.28. The van der Waals surface area contributed by atoms with Gasteiger partial charge < -0.3 is 5.11 Å². The Kier molecular flexibility index (Phi) is 3.99. The molecule has 0 bridgehead atoms. The first kappa shape index (κ1) is 14.4. The zero-order valence-electron chi connectivity index (χ0n) is 11.5. The fraction of sp³-hybridized carbons (Fsp3) is 0.385. The van der Waals surface area contributed by atoms with Gasteiger partial charge in [0.05, 0.1) is 24.2 Å². The summed E-state index contributed by atoms with van der Waals surface area (Å²) >= 11 is 1.47. The van der Waals surface area contributed by atoms with Gasteiger partial charge in [0.15, 0.2) is 0 Å². The lowest BCUT2D eigenvalue weighted by molar-refractivity contribution is -0.136. The van der Waals surface area contributed by atoms with E-state index in [9.17, 15) is 9.59 Å². The van der Waals surface area contributed by atoms with E-state index in [1.54, 1.807) is 19.4 Å². The number of carbonyl (C=O) groups is 1. The number of thiazole rings is 1. The van der Waals surface area contributed by atoms with Crippen molar-refractivity contribution in [2.24, 2.45) is 0 Å². The molecule has 0 saturated heterocycles. The van der Waals surface area contributed by atoms with Crippen molar-refractivity contribution < 1.29 is 9.90 Å². The van der Waals surface area contributed by atoms with Gasteiger partial charge in [-0.1, -0.05) is 0 Å². The van der Waals surface area contributed by atoms with E-state index < -0.39 is 5.97 Å². The Balaban J connectivity index is 2.50. The molecule has 6 nitrogen and oxygen atoms in total. The van der Waals surface area contributed by atoms with Crippen molar-refractivity contribution in [3.05, 3.63) is 43.5 Å². The summed E-state index contributed by atoms with van der Waals surface area (Å²) in [6, 6.07) is 0. The minimum Gasteiger partial charge on any atom is -0.481 e. The lowest BCUT2D eigenvalue weighted by Gasteiger charge is -2.14. The fourth-order valence-corrected chi connectivity index (χ4v) is 2.82. The molecule has 1 N–H and O–H groups in total. The smallest absolute Gasteiger partial charge is 0.348 e. The van der Waals surface area contributed by atoms with E-state index in [0.717, 1.165) is 10.6 Å². The van der Waals surface area contributed by atoms with Gasteiger partial charge >= 0.3 is 11.7 Å².